The Morgan fingerprint density at radius 2 is 2.06 bits per heavy atom. The summed E-state index contributed by atoms with van der Waals surface area (Å²) in [5.74, 6) is 1.59. The van der Waals surface area contributed by atoms with E-state index in [4.69, 9.17) is 5.73 Å². The lowest BCUT2D eigenvalue weighted by molar-refractivity contribution is 0.381. The van der Waals surface area contributed by atoms with Gasteiger partial charge in [0.05, 0.1) is 0 Å². The smallest absolute Gasteiger partial charge is 0.205 e. The van der Waals surface area contributed by atoms with Gasteiger partial charge < -0.3 is 15.5 Å². The summed E-state index contributed by atoms with van der Waals surface area (Å²) in [6, 6.07) is 0. The van der Waals surface area contributed by atoms with Crippen molar-refractivity contribution in [1.82, 2.24) is 14.3 Å². The summed E-state index contributed by atoms with van der Waals surface area (Å²) in [6.45, 7) is 8.47. The van der Waals surface area contributed by atoms with Gasteiger partial charge in [0.15, 0.2) is 5.96 Å². The number of nitrogens with zero attached hydrogens (tertiary/aromatic N) is 5. The van der Waals surface area contributed by atoms with E-state index in [1.807, 2.05) is 6.92 Å². The fourth-order valence-electron chi connectivity index (χ4n) is 1.91. The lowest BCUT2D eigenvalue weighted by Crippen LogP contribution is -2.51. The lowest BCUT2D eigenvalue weighted by Gasteiger charge is -2.34. The fourth-order valence-corrected chi connectivity index (χ4v) is 2.71. The minimum Gasteiger partial charge on any atom is -0.370 e. The van der Waals surface area contributed by atoms with E-state index < -0.39 is 0 Å². The number of aryl methyl sites for hydroxylation is 1. The van der Waals surface area contributed by atoms with Gasteiger partial charge in [0, 0.05) is 50.7 Å². The average Bonchev–Trinajstić information content (AvgIpc) is 2.88. The van der Waals surface area contributed by atoms with E-state index in [9.17, 15) is 0 Å². The molecule has 6 nitrogen and oxygen atoms in total. The normalized spacial score (nSPS) is 17.3. The van der Waals surface area contributed by atoms with Crippen LogP contribution in [-0.4, -0.2) is 52.9 Å². The molecular formula is C11H20N6S. The predicted octanol–water partition coefficient (Wildman–Crippen LogP) is 0.557. The van der Waals surface area contributed by atoms with Gasteiger partial charge in [-0.05, 0) is 6.92 Å². The highest BCUT2D eigenvalue weighted by Crippen LogP contribution is 2.19. The van der Waals surface area contributed by atoms with Crippen LogP contribution in [0.2, 0.25) is 0 Å². The van der Waals surface area contributed by atoms with E-state index in [1.165, 1.54) is 11.5 Å². The predicted molar refractivity (Wildman–Crippen MR) is 75.2 cm³/mol. The maximum Gasteiger partial charge on any atom is 0.205 e. The van der Waals surface area contributed by atoms with Crippen molar-refractivity contribution < 1.29 is 0 Å². The molecule has 2 rings (SSSR count). The number of hydrogen-bond donors (Lipinski definition) is 1. The SMILES string of the molecule is CCN=C(N)N1CCN(c2nc(CC)ns2)CC1. The highest BCUT2D eigenvalue weighted by atomic mass is 32.1. The summed E-state index contributed by atoms with van der Waals surface area (Å²) < 4.78 is 4.32. The van der Waals surface area contributed by atoms with Crippen LogP contribution >= 0.6 is 11.5 Å². The summed E-state index contributed by atoms with van der Waals surface area (Å²) in [7, 11) is 0. The van der Waals surface area contributed by atoms with Crippen LogP contribution in [0.5, 0.6) is 0 Å². The average molecular weight is 268 g/mol. The van der Waals surface area contributed by atoms with Gasteiger partial charge in [-0.15, -0.1) is 0 Å². The molecule has 1 aromatic rings. The van der Waals surface area contributed by atoms with E-state index in [-0.39, 0.29) is 0 Å². The molecule has 0 unspecified atom stereocenters. The summed E-state index contributed by atoms with van der Waals surface area (Å²) in [5, 5.41) is 1.03. The lowest BCUT2D eigenvalue weighted by atomic mass is 10.3. The molecule has 2 N–H and O–H groups in total. The first-order valence-corrected chi connectivity index (χ1v) is 7.14. The third-order valence-corrected chi connectivity index (χ3v) is 3.78. The molecule has 0 aliphatic carbocycles. The molecule has 1 fully saturated rings. The van der Waals surface area contributed by atoms with E-state index >= 15 is 0 Å². The molecule has 18 heavy (non-hydrogen) atoms. The van der Waals surface area contributed by atoms with Crippen LogP contribution in [0.25, 0.3) is 0 Å². The molecular weight excluding hydrogens is 248 g/mol. The molecule has 0 spiro atoms. The summed E-state index contributed by atoms with van der Waals surface area (Å²) in [6.07, 6.45) is 0.895. The molecule has 0 atom stereocenters. The molecule has 0 radical (unpaired) electrons. The van der Waals surface area contributed by atoms with Crippen molar-refractivity contribution in [1.29, 1.82) is 0 Å². The number of hydrogen-bond acceptors (Lipinski definition) is 5. The Hall–Kier alpha value is -1.37. The third-order valence-electron chi connectivity index (χ3n) is 2.97. The van der Waals surface area contributed by atoms with Crippen molar-refractivity contribution in [2.24, 2.45) is 10.7 Å². The molecule has 0 bridgehead atoms. The Morgan fingerprint density at radius 3 is 2.61 bits per heavy atom. The molecule has 0 aromatic carbocycles. The zero-order valence-electron chi connectivity index (χ0n) is 11.0. The van der Waals surface area contributed by atoms with Crippen LogP contribution in [0.1, 0.15) is 19.7 Å². The van der Waals surface area contributed by atoms with E-state index in [0.29, 0.717) is 5.96 Å². The number of aromatic nitrogens is 2. The van der Waals surface area contributed by atoms with Gasteiger partial charge in [-0.25, -0.2) is 4.98 Å². The first kappa shape index (κ1) is 13.1. The number of piperazine rings is 1. The summed E-state index contributed by atoms with van der Waals surface area (Å²) >= 11 is 1.49. The number of anilines is 1. The van der Waals surface area contributed by atoms with Crippen molar-refractivity contribution >= 4 is 22.6 Å². The van der Waals surface area contributed by atoms with Gasteiger partial charge in [0.1, 0.15) is 5.82 Å². The maximum absolute atomic E-state index is 5.90. The van der Waals surface area contributed by atoms with Crippen molar-refractivity contribution in [3.05, 3.63) is 5.82 Å². The van der Waals surface area contributed by atoms with Crippen molar-refractivity contribution in [2.45, 2.75) is 20.3 Å². The Morgan fingerprint density at radius 1 is 1.33 bits per heavy atom. The van der Waals surface area contributed by atoms with E-state index in [1.54, 1.807) is 0 Å². The monoisotopic (exact) mass is 268 g/mol. The van der Waals surface area contributed by atoms with Crippen LogP contribution < -0.4 is 10.6 Å². The zero-order chi connectivity index (χ0) is 13.0. The quantitative estimate of drug-likeness (QED) is 0.640. The second-order valence-corrected chi connectivity index (χ2v) is 4.88. The Kier molecular flexibility index (Phi) is 4.35. The van der Waals surface area contributed by atoms with E-state index in [0.717, 1.165) is 50.1 Å². The number of aliphatic imine (C=N–C) groups is 1. The van der Waals surface area contributed by atoms with Crippen molar-refractivity contribution in [3.8, 4) is 0 Å². The van der Waals surface area contributed by atoms with Crippen LogP contribution in [0.3, 0.4) is 0 Å². The minimum atomic E-state index is 0.656. The third kappa shape index (κ3) is 2.90. The molecule has 0 amide bonds. The van der Waals surface area contributed by atoms with E-state index in [2.05, 4.69) is 31.1 Å². The van der Waals surface area contributed by atoms with Gasteiger partial charge in [0.2, 0.25) is 5.13 Å². The zero-order valence-corrected chi connectivity index (χ0v) is 11.8. The Labute approximate surface area is 112 Å². The molecule has 0 saturated carbocycles. The van der Waals surface area contributed by atoms with Gasteiger partial charge in [-0.3, -0.25) is 4.99 Å². The molecule has 100 valence electrons. The number of rotatable bonds is 3. The Balaban J connectivity index is 1.92. The van der Waals surface area contributed by atoms with Gasteiger partial charge in [-0.1, -0.05) is 6.92 Å². The highest BCUT2D eigenvalue weighted by Gasteiger charge is 2.20. The second-order valence-electron chi connectivity index (χ2n) is 4.15. The Bertz CT molecular complexity index is 407. The van der Waals surface area contributed by atoms with Gasteiger partial charge >= 0.3 is 0 Å². The summed E-state index contributed by atoms with van der Waals surface area (Å²) in [4.78, 5) is 13.1. The topological polar surface area (TPSA) is 70.6 Å². The number of nitrogens with two attached hydrogens (primary N) is 1. The standard InChI is InChI=1S/C11H20N6S/c1-3-9-14-11(18-15-9)17-7-5-16(6-8-17)10(12)13-4-2/h3-8H2,1-2H3,(H2,12,13). The number of guanidine groups is 1. The molecule has 7 heteroatoms. The molecule has 1 saturated heterocycles. The first-order valence-electron chi connectivity index (χ1n) is 6.37. The minimum absolute atomic E-state index is 0.656. The van der Waals surface area contributed by atoms with Crippen molar-refractivity contribution in [3.63, 3.8) is 0 Å². The maximum atomic E-state index is 5.90. The molecule has 1 aliphatic heterocycles. The summed E-state index contributed by atoms with van der Waals surface area (Å²) in [5.41, 5.74) is 5.90. The van der Waals surface area contributed by atoms with Crippen LogP contribution in [0.4, 0.5) is 5.13 Å². The van der Waals surface area contributed by atoms with Crippen LogP contribution in [0.15, 0.2) is 4.99 Å². The molecule has 1 aromatic heterocycles. The van der Waals surface area contributed by atoms with Crippen LogP contribution in [0, 0.1) is 0 Å². The van der Waals surface area contributed by atoms with Gasteiger partial charge in [-0.2, -0.15) is 4.37 Å². The fraction of sp³-hybridized carbons (Fsp3) is 0.727. The molecule has 1 aliphatic rings. The highest BCUT2D eigenvalue weighted by molar-refractivity contribution is 7.09. The first-order chi connectivity index (χ1) is 8.74. The van der Waals surface area contributed by atoms with Crippen molar-refractivity contribution in [2.75, 3.05) is 37.6 Å². The van der Waals surface area contributed by atoms with Gasteiger partial charge in [0.25, 0.3) is 0 Å². The largest absolute Gasteiger partial charge is 0.370 e. The second kappa shape index (κ2) is 5.99. The van der Waals surface area contributed by atoms with Crippen LogP contribution in [-0.2, 0) is 6.42 Å². The molecule has 2 heterocycles.